The van der Waals surface area contributed by atoms with Crippen molar-refractivity contribution in [2.24, 2.45) is 5.84 Å². The van der Waals surface area contributed by atoms with Crippen molar-refractivity contribution in [3.05, 3.63) is 28.2 Å². The number of hydrogen-bond acceptors (Lipinski definition) is 3. The highest BCUT2D eigenvalue weighted by Gasteiger charge is 2.17. The van der Waals surface area contributed by atoms with Crippen molar-refractivity contribution >= 4 is 39.2 Å². The summed E-state index contributed by atoms with van der Waals surface area (Å²) < 4.78 is 30.0. The van der Waals surface area contributed by atoms with E-state index in [1.54, 1.807) is 0 Å². The van der Waals surface area contributed by atoms with Gasteiger partial charge in [0.05, 0.1) is 10.7 Å². The summed E-state index contributed by atoms with van der Waals surface area (Å²) in [6, 6.07) is 3.98. The highest BCUT2D eigenvalue weighted by molar-refractivity contribution is 7.87. The molecule has 0 saturated carbocycles. The molecule has 0 fully saturated rings. The van der Waals surface area contributed by atoms with Crippen molar-refractivity contribution in [3.8, 4) is 0 Å². The van der Waals surface area contributed by atoms with Crippen molar-refractivity contribution in [2.75, 3.05) is 4.41 Å². The molecule has 0 radical (unpaired) electrons. The van der Waals surface area contributed by atoms with E-state index in [0.717, 1.165) is 0 Å². The normalized spacial score (nSPS) is 11.4. The van der Waals surface area contributed by atoms with E-state index < -0.39 is 10.3 Å². The maximum atomic E-state index is 10.6. The van der Waals surface area contributed by atoms with Gasteiger partial charge in [-0.2, -0.15) is 12.8 Å². The van der Waals surface area contributed by atoms with Gasteiger partial charge in [0.1, 0.15) is 0 Å². The van der Waals surface area contributed by atoms with E-state index >= 15 is 0 Å². The fourth-order valence-electron chi connectivity index (χ4n) is 0.784. The van der Waals surface area contributed by atoms with Crippen LogP contribution in [0.25, 0.3) is 0 Å². The molecule has 3 N–H and O–H groups in total. The fraction of sp³-hybridized carbons (Fsp3) is 0. The van der Waals surface area contributed by atoms with Gasteiger partial charge in [-0.1, -0.05) is 23.2 Å². The van der Waals surface area contributed by atoms with E-state index in [4.69, 9.17) is 33.6 Å². The summed E-state index contributed by atoms with van der Waals surface area (Å²) in [6.07, 6.45) is 0. The summed E-state index contributed by atoms with van der Waals surface area (Å²) in [5.41, 5.74) is -0.0569. The zero-order chi connectivity index (χ0) is 10.9. The lowest BCUT2D eigenvalue weighted by Crippen LogP contribution is -2.37. The molecule has 0 bridgehead atoms. The van der Waals surface area contributed by atoms with Crippen molar-refractivity contribution in [1.82, 2.24) is 0 Å². The summed E-state index contributed by atoms with van der Waals surface area (Å²) in [5, 5.41) is 0.361. The minimum absolute atomic E-state index is 0.0256. The molecule has 1 aromatic rings. The summed E-state index contributed by atoms with van der Waals surface area (Å²) in [5.74, 6) is 5.09. The van der Waals surface area contributed by atoms with Gasteiger partial charge in [-0.3, -0.25) is 4.55 Å². The predicted octanol–water partition coefficient (Wildman–Crippen LogP) is 1.48. The van der Waals surface area contributed by atoms with Crippen molar-refractivity contribution in [3.63, 3.8) is 0 Å². The minimum Gasteiger partial charge on any atom is -0.268 e. The van der Waals surface area contributed by atoms with Crippen molar-refractivity contribution in [1.29, 1.82) is 0 Å². The Hall–Kier alpha value is -0.530. The largest absolute Gasteiger partial charge is 0.373 e. The smallest absolute Gasteiger partial charge is 0.268 e. The van der Waals surface area contributed by atoms with Crippen LogP contribution in [0, 0.1) is 0 Å². The van der Waals surface area contributed by atoms with Gasteiger partial charge in [-0.05, 0) is 18.2 Å². The number of anilines is 1. The third kappa shape index (κ3) is 2.49. The van der Waals surface area contributed by atoms with Crippen LogP contribution in [-0.2, 0) is 10.3 Å². The number of hydrogen-bond donors (Lipinski definition) is 2. The Morgan fingerprint density at radius 3 is 2.36 bits per heavy atom. The molecule has 1 aromatic carbocycles. The van der Waals surface area contributed by atoms with E-state index in [0.29, 0.717) is 5.02 Å². The third-order valence-electron chi connectivity index (χ3n) is 1.40. The Morgan fingerprint density at radius 2 is 1.93 bits per heavy atom. The first-order valence-electron chi connectivity index (χ1n) is 3.30. The Morgan fingerprint density at radius 1 is 1.36 bits per heavy atom. The van der Waals surface area contributed by atoms with E-state index in [9.17, 15) is 8.42 Å². The molecular weight excluding hydrogens is 251 g/mol. The van der Waals surface area contributed by atoms with Crippen LogP contribution in [0.3, 0.4) is 0 Å². The van der Waals surface area contributed by atoms with Gasteiger partial charge in [0, 0.05) is 5.02 Å². The van der Waals surface area contributed by atoms with Crippen molar-refractivity contribution in [2.45, 2.75) is 0 Å². The monoisotopic (exact) mass is 256 g/mol. The number of benzene rings is 1. The molecule has 0 aliphatic heterocycles. The average molecular weight is 257 g/mol. The number of nitrogens with two attached hydrogens (primary N) is 1. The standard InChI is InChI=1S/C6H6Cl2N2O3S/c7-4-1-2-6(5(8)3-4)10(9)14(11,12)13/h1-3H,9H2,(H,11,12,13). The fourth-order valence-corrected chi connectivity index (χ4v) is 1.74. The molecule has 0 aliphatic rings. The highest BCUT2D eigenvalue weighted by atomic mass is 35.5. The van der Waals surface area contributed by atoms with Crippen LogP contribution in [0.5, 0.6) is 0 Å². The molecule has 0 atom stereocenters. The first kappa shape index (κ1) is 11.5. The summed E-state index contributed by atoms with van der Waals surface area (Å²) >= 11 is 11.2. The second kappa shape index (κ2) is 3.92. The van der Waals surface area contributed by atoms with E-state index in [1.807, 2.05) is 0 Å². The third-order valence-corrected chi connectivity index (χ3v) is 2.63. The van der Waals surface area contributed by atoms with Gasteiger partial charge in [-0.25, -0.2) is 5.84 Å². The Balaban J connectivity index is 3.21. The Kier molecular flexibility index (Phi) is 3.23. The topological polar surface area (TPSA) is 83.6 Å². The van der Waals surface area contributed by atoms with Gasteiger partial charge in [0.2, 0.25) is 0 Å². The Bertz CT molecular complexity index is 448. The number of halogens is 2. The summed E-state index contributed by atoms with van der Waals surface area (Å²) in [7, 11) is -4.51. The van der Waals surface area contributed by atoms with Gasteiger partial charge in [-0.15, -0.1) is 0 Å². The number of rotatable bonds is 2. The van der Waals surface area contributed by atoms with Crippen LogP contribution in [0.1, 0.15) is 0 Å². The van der Waals surface area contributed by atoms with Gasteiger partial charge < -0.3 is 0 Å². The number of nitrogens with zero attached hydrogens (tertiary/aromatic N) is 1. The van der Waals surface area contributed by atoms with Gasteiger partial charge >= 0.3 is 10.3 Å². The molecule has 78 valence electrons. The van der Waals surface area contributed by atoms with Crippen LogP contribution in [0.4, 0.5) is 5.69 Å². The zero-order valence-electron chi connectivity index (χ0n) is 6.68. The highest BCUT2D eigenvalue weighted by Crippen LogP contribution is 2.28. The maximum Gasteiger partial charge on any atom is 0.373 e. The van der Waals surface area contributed by atoms with E-state index in [2.05, 4.69) is 0 Å². The molecule has 0 amide bonds. The summed E-state index contributed by atoms with van der Waals surface area (Å²) in [6.45, 7) is 0. The van der Waals surface area contributed by atoms with Crippen LogP contribution < -0.4 is 10.3 Å². The molecule has 5 nitrogen and oxygen atoms in total. The quantitative estimate of drug-likeness (QED) is 0.477. The molecule has 14 heavy (non-hydrogen) atoms. The lowest BCUT2D eigenvalue weighted by Gasteiger charge is -2.15. The lowest BCUT2D eigenvalue weighted by atomic mass is 10.3. The zero-order valence-corrected chi connectivity index (χ0v) is 9.01. The minimum atomic E-state index is -4.51. The lowest BCUT2D eigenvalue weighted by molar-refractivity contribution is 0.478. The Labute approximate surface area is 90.9 Å². The molecule has 0 aromatic heterocycles. The molecular formula is C6H6Cl2N2O3S. The SMILES string of the molecule is NN(c1ccc(Cl)cc1Cl)S(=O)(=O)O. The molecule has 0 saturated heterocycles. The number of hydrazine groups is 1. The van der Waals surface area contributed by atoms with Gasteiger partial charge in [0.15, 0.2) is 0 Å². The molecule has 0 spiro atoms. The van der Waals surface area contributed by atoms with E-state index in [1.165, 1.54) is 18.2 Å². The first-order valence-corrected chi connectivity index (χ1v) is 5.45. The van der Waals surface area contributed by atoms with Crippen LogP contribution in [0.2, 0.25) is 10.0 Å². The predicted molar refractivity (Wildman–Crippen MR) is 54.7 cm³/mol. The van der Waals surface area contributed by atoms with Crippen LogP contribution in [-0.4, -0.2) is 13.0 Å². The molecule has 1 rings (SSSR count). The average Bonchev–Trinajstić information content (AvgIpc) is 2.01. The molecule has 0 aliphatic carbocycles. The first-order chi connectivity index (χ1) is 6.32. The maximum absolute atomic E-state index is 10.6. The summed E-state index contributed by atoms with van der Waals surface area (Å²) in [4.78, 5) is 0. The van der Waals surface area contributed by atoms with Crippen LogP contribution in [0.15, 0.2) is 18.2 Å². The van der Waals surface area contributed by atoms with Crippen molar-refractivity contribution < 1.29 is 13.0 Å². The van der Waals surface area contributed by atoms with Crippen LogP contribution >= 0.6 is 23.2 Å². The van der Waals surface area contributed by atoms with E-state index in [-0.39, 0.29) is 15.1 Å². The molecule has 0 unspecified atom stereocenters. The van der Waals surface area contributed by atoms with Gasteiger partial charge in [0.25, 0.3) is 0 Å². The molecule has 8 heteroatoms. The second-order valence-corrected chi connectivity index (χ2v) is 4.50. The second-order valence-electron chi connectivity index (χ2n) is 2.37. The molecule has 0 heterocycles.